The predicted octanol–water partition coefficient (Wildman–Crippen LogP) is 6.53. The van der Waals surface area contributed by atoms with E-state index in [9.17, 15) is 22.8 Å². The first-order valence-corrected chi connectivity index (χ1v) is 11.3. The summed E-state index contributed by atoms with van der Waals surface area (Å²) >= 11 is 1.28. The van der Waals surface area contributed by atoms with Gasteiger partial charge in [0.2, 0.25) is 11.8 Å². The molecule has 1 unspecified atom stereocenters. The van der Waals surface area contributed by atoms with Gasteiger partial charge in [0, 0.05) is 22.2 Å². The Balaban J connectivity index is 1.51. The summed E-state index contributed by atoms with van der Waals surface area (Å²) in [6.45, 7) is 0. The molecule has 1 saturated carbocycles. The van der Waals surface area contributed by atoms with Crippen molar-refractivity contribution in [1.29, 1.82) is 0 Å². The summed E-state index contributed by atoms with van der Waals surface area (Å²) in [6, 6.07) is 20.8. The lowest BCUT2D eigenvalue weighted by Crippen LogP contribution is -2.19. The summed E-state index contributed by atoms with van der Waals surface area (Å²) in [6.07, 6.45) is -2.66. The Hall–Kier alpha value is -3.26. The predicted molar refractivity (Wildman–Crippen MR) is 123 cm³/mol. The molecule has 1 atom stereocenters. The molecule has 0 aliphatic heterocycles. The van der Waals surface area contributed by atoms with Gasteiger partial charge >= 0.3 is 6.18 Å². The van der Waals surface area contributed by atoms with Crippen LogP contribution < -0.4 is 10.6 Å². The third-order valence-electron chi connectivity index (χ3n) is 5.12. The highest BCUT2D eigenvalue weighted by molar-refractivity contribution is 8.00. The fourth-order valence-electron chi connectivity index (χ4n) is 3.22. The molecule has 0 aromatic heterocycles. The van der Waals surface area contributed by atoms with Crippen molar-refractivity contribution < 1.29 is 22.8 Å². The second-order valence-electron chi connectivity index (χ2n) is 7.76. The minimum absolute atomic E-state index is 0.0121. The Kier molecular flexibility index (Phi) is 6.74. The SMILES string of the molecule is O=C(Nc1ccc(SC(C(=O)Nc2cccc(C(F)(F)F)c2)c2ccccc2)cc1)C1CC1. The second-order valence-corrected chi connectivity index (χ2v) is 8.94. The van der Waals surface area contributed by atoms with Crippen LogP contribution in [0, 0.1) is 5.92 Å². The van der Waals surface area contributed by atoms with Crippen LogP contribution in [0.25, 0.3) is 0 Å². The van der Waals surface area contributed by atoms with Gasteiger partial charge in [-0.05, 0) is 60.9 Å². The van der Waals surface area contributed by atoms with Crippen molar-refractivity contribution >= 4 is 35.0 Å². The zero-order valence-electron chi connectivity index (χ0n) is 17.4. The molecule has 3 aromatic rings. The molecule has 170 valence electrons. The van der Waals surface area contributed by atoms with Crippen molar-refractivity contribution in [3.63, 3.8) is 0 Å². The van der Waals surface area contributed by atoms with Crippen molar-refractivity contribution in [3.8, 4) is 0 Å². The molecular weight excluding hydrogens is 449 g/mol. The highest BCUT2D eigenvalue weighted by Gasteiger charge is 2.31. The van der Waals surface area contributed by atoms with Gasteiger partial charge in [0.05, 0.1) is 5.56 Å². The van der Waals surface area contributed by atoms with E-state index in [1.54, 1.807) is 48.5 Å². The van der Waals surface area contributed by atoms with Gasteiger partial charge in [-0.25, -0.2) is 0 Å². The molecular formula is C25H21F3N2O2S. The molecule has 0 bridgehead atoms. The van der Waals surface area contributed by atoms with Crippen LogP contribution in [0.2, 0.25) is 0 Å². The highest BCUT2D eigenvalue weighted by atomic mass is 32.2. The van der Waals surface area contributed by atoms with Crippen LogP contribution in [0.1, 0.15) is 29.2 Å². The smallest absolute Gasteiger partial charge is 0.326 e. The molecule has 1 aliphatic rings. The maximum atomic E-state index is 13.1. The van der Waals surface area contributed by atoms with Crippen LogP contribution in [0.5, 0.6) is 0 Å². The number of hydrogen-bond donors (Lipinski definition) is 2. The van der Waals surface area contributed by atoms with E-state index >= 15 is 0 Å². The molecule has 3 aromatic carbocycles. The average Bonchev–Trinajstić information content (AvgIpc) is 3.64. The summed E-state index contributed by atoms with van der Waals surface area (Å²) in [5.41, 5.74) is 0.654. The number of rotatable bonds is 7. The summed E-state index contributed by atoms with van der Waals surface area (Å²) in [4.78, 5) is 25.8. The molecule has 1 fully saturated rings. The summed E-state index contributed by atoms with van der Waals surface area (Å²) in [5, 5.41) is 4.80. The normalized spacial score (nSPS) is 14.4. The third-order valence-corrected chi connectivity index (χ3v) is 6.39. The fourth-order valence-corrected chi connectivity index (χ4v) is 4.25. The van der Waals surface area contributed by atoms with Gasteiger partial charge in [0.25, 0.3) is 0 Å². The number of hydrogen-bond acceptors (Lipinski definition) is 3. The molecule has 1 aliphatic carbocycles. The summed E-state index contributed by atoms with van der Waals surface area (Å²) < 4.78 is 39.1. The van der Waals surface area contributed by atoms with E-state index in [1.165, 1.54) is 23.9 Å². The van der Waals surface area contributed by atoms with E-state index in [-0.39, 0.29) is 17.5 Å². The van der Waals surface area contributed by atoms with Gasteiger partial charge in [-0.1, -0.05) is 36.4 Å². The van der Waals surface area contributed by atoms with Crippen molar-refractivity contribution in [1.82, 2.24) is 0 Å². The van der Waals surface area contributed by atoms with E-state index < -0.39 is 22.9 Å². The van der Waals surface area contributed by atoms with Crippen LogP contribution in [-0.2, 0) is 15.8 Å². The monoisotopic (exact) mass is 470 g/mol. The van der Waals surface area contributed by atoms with Crippen molar-refractivity contribution in [2.45, 2.75) is 29.2 Å². The van der Waals surface area contributed by atoms with E-state index in [0.29, 0.717) is 5.69 Å². The number of carbonyl (C=O) groups is 2. The molecule has 0 saturated heterocycles. The number of halogens is 3. The standard InChI is InChI=1S/C25H21F3N2O2S/c26-25(27,28)18-7-4-8-20(15-18)30-24(32)22(16-5-2-1-3-6-16)33-21-13-11-19(12-14-21)29-23(31)17-9-10-17/h1-8,11-15,17,22H,9-10H2,(H,29,31)(H,30,32). The Labute approximate surface area is 193 Å². The molecule has 4 rings (SSSR count). The van der Waals surface area contributed by atoms with Crippen molar-refractivity contribution in [2.75, 3.05) is 10.6 Å². The number of anilines is 2. The number of alkyl halides is 3. The Morgan fingerprint density at radius 2 is 1.55 bits per heavy atom. The average molecular weight is 471 g/mol. The van der Waals surface area contributed by atoms with E-state index in [1.807, 2.05) is 6.07 Å². The Morgan fingerprint density at radius 3 is 2.18 bits per heavy atom. The van der Waals surface area contributed by atoms with E-state index in [2.05, 4.69) is 10.6 Å². The molecule has 2 N–H and O–H groups in total. The maximum absolute atomic E-state index is 13.1. The molecule has 0 heterocycles. The third kappa shape index (κ3) is 6.16. The van der Waals surface area contributed by atoms with E-state index in [4.69, 9.17) is 0 Å². The van der Waals surface area contributed by atoms with Gasteiger partial charge in [-0.15, -0.1) is 11.8 Å². The van der Waals surface area contributed by atoms with Gasteiger partial charge in [0.1, 0.15) is 5.25 Å². The number of thioether (sulfide) groups is 1. The maximum Gasteiger partial charge on any atom is 0.416 e. The first-order valence-electron chi connectivity index (χ1n) is 10.4. The molecule has 2 amide bonds. The van der Waals surface area contributed by atoms with Crippen LogP contribution in [0.4, 0.5) is 24.5 Å². The second kappa shape index (κ2) is 9.70. The zero-order chi connectivity index (χ0) is 23.4. The number of nitrogens with one attached hydrogen (secondary N) is 2. The van der Waals surface area contributed by atoms with Crippen LogP contribution in [0.3, 0.4) is 0 Å². The summed E-state index contributed by atoms with van der Waals surface area (Å²) in [5.74, 6) is -0.323. The van der Waals surface area contributed by atoms with Crippen LogP contribution in [0.15, 0.2) is 83.8 Å². The molecule has 8 heteroatoms. The van der Waals surface area contributed by atoms with Crippen LogP contribution in [-0.4, -0.2) is 11.8 Å². The number of benzene rings is 3. The van der Waals surface area contributed by atoms with E-state index in [0.717, 1.165) is 35.4 Å². The van der Waals surface area contributed by atoms with Gasteiger partial charge < -0.3 is 10.6 Å². The largest absolute Gasteiger partial charge is 0.416 e. The van der Waals surface area contributed by atoms with Crippen molar-refractivity contribution in [2.24, 2.45) is 5.92 Å². The fraction of sp³-hybridized carbons (Fsp3) is 0.200. The number of carbonyl (C=O) groups excluding carboxylic acids is 2. The minimum Gasteiger partial charge on any atom is -0.326 e. The number of amides is 2. The lowest BCUT2D eigenvalue weighted by Gasteiger charge is -2.18. The van der Waals surface area contributed by atoms with Gasteiger partial charge in [0.15, 0.2) is 0 Å². The Morgan fingerprint density at radius 1 is 0.848 bits per heavy atom. The summed E-state index contributed by atoms with van der Waals surface area (Å²) in [7, 11) is 0. The zero-order valence-corrected chi connectivity index (χ0v) is 18.2. The topological polar surface area (TPSA) is 58.2 Å². The first-order chi connectivity index (χ1) is 15.8. The highest BCUT2D eigenvalue weighted by Crippen LogP contribution is 2.38. The van der Waals surface area contributed by atoms with Gasteiger partial charge in [-0.3, -0.25) is 9.59 Å². The molecule has 0 spiro atoms. The lowest BCUT2D eigenvalue weighted by molar-refractivity contribution is -0.137. The lowest BCUT2D eigenvalue weighted by atomic mass is 10.1. The molecule has 4 nitrogen and oxygen atoms in total. The van der Waals surface area contributed by atoms with Gasteiger partial charge in [-0.2, -0.15) is 13.2 Å². The minimum atomic E-state index is -4.50. The van der Waals surface area contributed by atoms with Crippen molar-refractivity contribution in [3.05, 3.63) is 90.0 Å². The molecule has 0 radical (unpaired) electrons. The Bertz CT molecular complexity index is 1130. The molecule has 33 heavy (non-hydrogen) atoms. The van der Waals surface area contributed by atoms with Crippen LogP contribution >= 0.6 is 11.8 Å². The quantitative estimate of drug-likeness (QED) is 0.386. The first kappa shape index (κ1) is 22.9.